The fourth-order valence-electron chi connectivity index (χ4n) is 3.92. The Bertz CT molecular complexity index is 1160. The average molecular weight is 438 g/mol. The molecule has 1 aliphatic carbocycles. The number of aryl methyl sites for hydroxylation is 1. The van der Waals surface area contributed by atoms with Gasteiger partial charge in [-0.05, 0) is 47.8 Å². The summed E-state index contributed by atoms with van der Waals surface area (Å²) in [6, 6.07) is 16.1. The molecule has 1 aliphatic heterocycles. The van der Waals surface area contributed by atoms with Crippen molar-refractivity contribution in [3.8, 4) is 0 Å². The number of carbonyl (C=O) groups excluding carboxylic acids is 1. The molecule has 2 aromatic rings. The first-order valence-electron chi connectivity index (χ1n) is 10.3. The smallest absolute Gasteiger partial charge is 0.246 e. The number of sulfonamides is 1. The zero-order valence-corrected chi connectivity index (χ0v) is 19.0. The zero-order valence-electron chi connectivity index (χ0n) is 18.2. The summed E-state index contributed by atoms with van der Waals surface area (Å²) >= 11 is 0. The molecule has 2 atom stereocenters. The highest BCUT2D eigenvalue weighted by Gasteiger charge is 2.57. The minimum Gasteiger partial charge on any atom is -0.339 e. The lowest BCUT2D eigenvalue weighted by Crippen LogP contribution is -2.53. The molecule has 0 aromatic heterocycles. The van der Waals surface area contributed by atoms with Crippen molar-refractivity contribution in [3.63, 3.8) is 0 Å². The van der Waals surface area contributed by atoms with Gasteiger partial charge < -0.3 is 4.74 Å². The van der Waals surface area contributed by atoms with Gasteiger partial charge in [0.05, 0.1) is 11.0 Å². The van der Waals surface area contributed by atoms with Crippen LogP contribution < -0.4 is 0 Å². The maximum absolute atomic E-state index is 13.7. The van der Waals surface area contributed by atoms with Crippen LogP contribution in [0.5, 0.6) is 0 Å². The highest BCUT2D eigenvalue weighted by molar-refractivity contribution is 7.89. The lowest BCUT2D eigenvalue weighted by Gasteiger charge is -2.36. The summed E-state index contributed by atoms with van der Waals surface area (Å²) in [4.78, 5) is 13.4. The van der Waals surface area contributed by atoms with Crippen LogP contribution >= 0.6 is 0 Å². The molecule has 1 heterocycles. The molecule has 2 aliphatic rings. The molecule has 4 rings (SSSR count). The topological polar surface area (TPSA) is 63.7 Å². The molecular formula is C25H27NO4S. The van der Waals surface area contributed by atoms with E-state index in [-0.39, 0.29) is 16.9 Å². The van der Waals surface area contributed by atoms with Crippen LogP contribution in [0.2, 0.25) is 0 Å². The fourth-order valence-corrected chi connectivity index (χ4v) is 5.53. The number of nitrogens with zero attached hydrogens (tertiary/aromatic N) is 1. The van der Waals surface area contributed by atoms with E-state index in [4.69, 9.17) is 4.74 Å². The van der Waals surface area contributed by atoms with Gasteiger partial charge in [0.2, 0.25) is 21.5 Å². The SMILES string of the molecule is Cc1ccc(S(=O)(=O)N2C[C@@H](c3ccccc3)O[C@@]23C=C(C(C)(C)C)C=CC3=O)cc1. The van der Waals surface area contributed by atoms with Gasteiger partial charge in [-0.15, -0.1) is 0 Å². The number of ether oxygens (including phenoxy) is 1. The number of hydrogen-bond acceptors (Lipinski definition) is 4. The van der Waals surface area contributed by atoms with Gasteiger partial charge >= 0.3 is 0 Å². The second kappa shape index (κ2) is 7.55. The van der Waals surface area contributed by atoms with Crippen molar-refractivity contribution >= 4 is 15.8 Å². The van der Waals surface area contributed by atoms with Gasteiger partial charge in [-0.3, -0.25) is 4.79 Å². The van der Waals surface area contributed by atoms with Crippen molar-refractivity contribution in [2.24, 2.45) is 5.41 Å². The van der Waals surface area contributed by atoms with Crippen molar-refractivity contribution < 1.29 is 17.9 Å². The van der Waals surface area contributed by atoms with Crippen LogP contribution in [-0.4, -0.2) is 30.8 Å². The largest absolute Gasteiger partial charge is 0.339 e. The first-order valence-corrected chi connectivity index (χ1v) is 11.8. The molecule has 0 radical (unpaired) electrons. The Morgan fingerprint density at radius 2 is 1.65 bits per heavy atom. The quantitative estimate of drug-likeness (QED) is 0.706. The normalized spacial score (nSPS) is 24.6. The van der Waals surface area contributed by atoms with Crippen LogP contribution in [0.1, 0.15) is 38.0 Å². The zero-order chi connectivity index (χ0) is 22.4. The van der Waals surface area contributed by atoms with Gasteiger partial charge in [0.15, 0.2) is 0 Å². The van der Waals surface area contributed by atoms with Crippen LogP contribution in [0.15, 0.2) is 83.3 Å². The van der Waals surface area contributed by atoms with E-state index in [1.165, 1.54) is 10.4 Å². The molecule has 0 bridgehead atoms. The molecule has 162 valence electrons. The van der Waals surface area contributed by atoms with E-state index in [1.807, 2.05) is 58.0 Å². The second-order valence-corrected chi connectivity index (χ2v) is 11.0. The summed E-state index contributed by atoms with van der Waals surface area (Å²) in [5.74, 6) is -0.394. The number of rotatable bonds is 3. The summed E-state index contributed by atoms with van der Waals surface area (Å²) in [5.41, 5.74) is 0.653. The van der Waals surface area contributed by atoms with Crippen molar-refractivity contribution in [1.29, 1.82) is 0 Å². The standard InChI is InChI=1S/C25H27NO4S/c1-18-10-13-21(14-11-18)31(28,29)26-17-22(19-8-6-5-7-9-19)30-25(26)16-20(24(2,3)4)12-15-23(25)27/h5-16,22H,17H2,1-4H3/t22-,25+/m0/s1. The van der Waals surface area contributed by atoms with Crippen LogP contribution in [0, 0.1) is 12.3 Å². The Kier molecular flexibility index (Phi) is 5.28. The molecule has 31 heavy (non-hydrogen) atoms. The molecule has 0 amide bonds. The number of hydrogen-bond donors (Lipinski definition) is 0. The van der Waals surface area contributed by atoms with Gasteiger partial charge in [0, 0.05) is 6.54 Å². The molecule has 1 spiro atoms. The van der Waals surface area contributed by atoms with Crippen molar-refractivity contribution in [3.05, 3.63) is 89.5 Å². The highest BCUT2D eigenvalue weighted by Crippen LogP contribution is 2.45. The number of carbonyl (C=O) groups is 1. The molecule has 5 nitrogen and oxygen atoms in total. The number of benzene rings is 2. The number of ketones is 1. The van der Waals surface area contributed by atoms with E-state index in [9.17, 15) is 13.2 Å². The maximum atomic E-state index is 13.7. The second-order valence-electron chi connectivity index (χ2n) is 9.11. The van der Waals surface area contributed by atoms with Crippen LogP contribution in [0.25, 0.3) is 0 Å². The predicted molar refractivity (Wildman–Crippen MR) is 120 cm³/mol. The Labute approximate surface area is 184 Å². The Morgan fingerprint density at radius 3 is 2.26 bits per heavy atom. The third-order valence-electron chi connectivity index (χ3n) is 5.79. The molecular weight excluding hydrogens is 410 g/mol. The fraction of sp³-hybridized carbons (Fsp3) is 0.320. The van der Waals surface area contributed by atoms with Gasteiger partial charge in [0.25, 0.3) is 0 Å². The lowest BCUT2D eigenvalue weighted by molar-refractivity contribution is -0.139. The molecule has 0 unspecified atom stereocenters. The van der Waals surface area contributed by atoms with Gasteiger partial charge in [-0.2, -0.15) is 4.31 Å². The van der Waals surface area contributed by atoms with E-state index >= 15 is 0 Å². The summed E-state index contributed by atoms with van der Waals surface area (Å²) < 4.78 is 35.0. The van der Waals surface area contributed by atoms with Crippen molar-refractivity contribution in [2.45, 2.75) is 44.4 Å². The lowest BCUT2D eigenvalue weighted by atomic mass is 9.81. The van der Waals surface area contributed by atoms with Crippen molar-refractivity contribution in [2.75, 3.05) is 6.54 Å². The van der Waals surface area contributed by atoms with Crippen molar-refractivity contribution in [1.82, 2.24) is 4.31 Å². The van der Waals surface area contributed by atoms with Crippen LogP contribution in [0.3, 0.4) is 0 Å². The van der Waals surface area contributed by atoms with Crippen LogP contribution in [0.4, 0.5) is 0 Å². The molecule has 0 N–H and O–H groups in total. The Morgan fingerprint density at radius 1 is 1.00 bits per heavy atom. The number of allylic oxidation sites excluding steroid dienone is 2. The monoisotopic (exact) mass is 437 g/mol. The van der Waals surface area contributed by atoms with E-state index in [0.29, 0.717) is 0 Å². The maximum Gasteiger partial charge on any atom is 0.246 e. The van der Waals surface area contributed by atoms with Crippen LogP contribution in [-0.2, 0) is 19.6 Å². The summed E-state index contributed by atoms with van der Waals surface area (Å²) in [6.07, 6.45) is 4.31. The third kappa shape index (κ3) is 3.80. The predicted octanol–water partition coefficient (Wildman–Crippen LogP) is 4.56. The van der Waals surface area contributed by atoms with E-state index < -0.39 is 27.6 Å². The minimum absolute atomic E-state index is 0.0493. The summed E-state index contributed by atoms with van der Waals surface area (Å²) in [6.45, 7) is 8.02. The Balaban J connectivity index is 1.88. The van der Waals surface area contributed by atoms with E-state index in [1.54, 1.807) is 36.4 Å². The van der Waals surface area contributed by atoms with E-state index in [2.05, 4.69) is 0 Å². The molecule has 2 aromatic carbocycles. The minimum atomic E-state index is -4.00. The summed E-state index contributed by atoms with van der Waals surface area (Å²) in [5, 5.41) is 0. The Hall–Kier alpha value is -2.54. The van der Waals surface area contributed by atoms with Gasteiger partial charge in [-0.1, -0.05) is 74.9 Å². The van der Waals surface area contributed by atoms with Gasteiger partial charge in [-0.25, -0.2) is 8.42 Å². The first kappa shape index (κ1) is 21.7. The highest BCUT2D eigenvalue weighted by atomic mass is 32.2. The molecule has 1 fully saturated rings. The first-order chi connectivity index (χ1) is 14.5. The molecule has 0 saturated carbocycles. The molecule has 1 saturated heterocycles. The molecule has 6 heteroatoms. The van der Waals surface area contributed by atoms with Gasteiger partial charge in [0.1, 0.15) is 0 Å². The third-order valence-corrected chi connectivity index (χ3v) is 7.66. The van der Waals surface area contributed by atoms with E-state index in [0.717, 1.165) is 16.7 Å². The summed E-state index contributed by atoms with van der Waals surface area (Å²) in [7, 11) is -4.00. The average Bonchev–Trinajstić information content (AvgIpc) is 3.11.